The van der Waals surface area contributed by atoms with Gasteiger partial charge in [0.1, 0.15) is 5.84 Å². The van der Waals surface area contributed by atoms with Crippen molar-refractivity contribution in [2.24, 2.45) is 0 Å². The minimum atomic E-state index is 0.637. The lowest BCUT2D eigenvalue weighted by molar-refractivity contribution is 0.615. The van der Waals surface area contributed by atoms with Crippen LogP contribution >= 0.6 is 27.7 Å². The zero-order valence-electron chi connectivity index (χ0n) is 8.25. The van der Waals surface area contributed by atoms with Crippen molar-refractivity contribution in [2.75, 3.05) is 19.8 Å². The Labute approximate surface area is 97.3 Å². The second-order valence-electron chi connectivity index (χ2n) is 3.08. The molecule has 0 aliphatic rings. The molecule has 1 aromatic carbocycles. The molecule has 0 fully saturated rings. The Hall–Kier alpha value is -0.480. The Morgan fingerprint density at radius 3 is 2.43 bits per heavy atom. The van der Waals surface area contributed by atoms with Gasteiger partial charge in [0.2, 0.25) is 0 Å². The molecule has 76 valence electrons. The summed E-state index contributed by atoms with van der Waals surface area (Å²) in [6.45, 7) is 0. The maximum absolute atomic E-state index is 7.63. The smallest absolute Gasteiger partial charge is 0.106 e. The Morgan fingerprint density at radius 2 is 1.93 bits per heavy atom. The molecule has 0 atom stereocenters. The summed E-state index contributed by atoms with van der Waals surface area (Å²) in [4.78, 5) is 3.02. The lowest BCUT2D eigenvalue weighted by atomic mass is 10.4. The number of nitrogens with zero attached hydrogens (tertiary/aromatic N) is 1. The molecule has 4 heteroatoms. The number of hydrogen-bond donors (Lipinski definition) is 1. The highest BCUT2D eigenvalue weighted by atomic mass is 79.9. The molecule has 2 nitrogen and oxygen atoms in total. The van der Waals surface area contributed by atoms with Crippen LogP contribution in [0.25, 0.3) is 0 Å². The fourth-order valence-corrected chi connectivity index (χ4v) is 1.97. The van der Waals surface area contributed by atoms with Gasteiger partial charge in [0.25, 0.3) is 0 Å². The minimum absolute atomic E-state index is 0.637. The SMILES string of the molecule is CN(C)C(=N)CSc1ccc(Br)cc1. The van der Waals surface area contributed by atoms with Crippen LogP contribution in [0, 0.1) is 5.41 Å². The summed E-state index contributed by atoms with van der Waals surface area (Å²) in [6.07, 6.45) is 0. The molecule has 0 heterocycles. The molecule has 0 bridgehead atoms. The number of halogens is 1. The van der Waals surface area contributed by atoms with Gasteiger partial charge in [0, 0.05) is 23.5 Å². The van der Waals surface area contributed by atoms with Crippen LogP contribution in [-0.4, -0.2) is 30.6 Å². The Kier molecular flexibility index (Phi) is 4.48. The fourth-order valence-electron chi connectivity index (χ4n) is 0.812. The average molecular weight is 273 g/mol. The van der Waals surface area contributed by atoms with E-state index in [2.05, 4.69) is 28.1 Å². The summed E-state index contributed by atoms with van der Waals surface area (Å²) in [5.74, 6) is 1.35. The zero-order valence-corrected chi connectivity index (χ0v) is 10.7. The van der Waals surface area contributed by atoms with E-state index in [1.165, 1.54) is 4.90 Å². The summed E-state index contributed by atoms with van der Waals surface area (Å²) in [5, 5.41) is 7.63. The number of amidine groups is 1. The van der Waals surface area contributed by atoms with E-state index in [-0.39, 0.29) is 0 Å². The van der Waals surface area contributed by atoms with Crippen LogP contribution < -0.4 is 0 Å². The van der Waals surface area contributed by atoms with Gasteiger partial charge in [-0.05, 0) is 24.3 Å². The molecule has 1 aromatic rings. The normalized spacial score (nSPS) is 9.93. The van der Waals surface area contributed by atoms with Gasteiger partial charge in [-0.15, -0.1) is 11.8 Å². The molecule has 0 aliphatic carbocycles. The van der Waals surface area contributed by atoms with Gasteiger partial charge < -0.3 is 4.90 Å². The molecule has 0 spiro atoms. The highest BCUT2D eigenvalue weighted by molar-refractivity contribution is 9.10. The maximum atomic E-state index is 7.63. The topological polar surface area (TPSA) is 27.1 Å². The molecule has 0 aromatic heterocycles. The molecule has 14 heavy (non-hydrogen) atoms. The molecule has 0 radical (unpaired) electrons. The number of benzene rings is 1. The van der Waals surface area contributed by atoms with Gasteiger partial charge in [-0.25, -0.2) is 0 Å². The van der Waals surface area contributed by atoms with Gasteiger partial charge in [0.15, 0.2) is 0 Å². The van der Waals surface area contributed by atoms with Crippen LogP contribution in [0.4, 0.5) is 0 Å². The average Bonchev–Trinajstić information content (AvgIpc) is 2.16. The fraction of sp³-hybridized carbons (Fsp3) is 0.300. The van der Waals surface area contributed by atoms with Gasteiger partial charge in [-0.1, -0.05) is 15.9 Å². The number of hydrogen-bond acceptors (Lipinski definition) is 2. The van der Waals surface area contributed by atoms with Gasteiger partial charge >= 0.3 is 0 Å². The quantitative estimate of drug-likeness (QED) is 0.520. The van der Waals surface area contributed by atoms with Gasteiger partial charge in [0.05, 0.1) is 5.75 Å². The lowest BCUT2D eigenvalue weighted by Gasteiger charge is -2.12. The molecule has 0 saturated carbocycles. The third-order valence-electron chi connectivity index (χ3n) is 1.73. The van der Waals surface area contributed by atoms with Crippen LogP contribution in [0.1, 0.15) is 0 Å². The van der Waals surface area contributed by atoms with Crippen molar-refractivity contribution < 1.29 is 0 Å². The molecular formula is C10H13BrN2S. The van der Waals surface area contributed by atoms with Crippen molar-refractivity contribution in [2.45, 2.75) is 4.90 Å². The van der Waals surface area contributed by atoms with Crippen molar-refractivity contribution in [1.29, 1.82) is 5.41 Å². The van der Waals surface area contributed by atoms with E-state index in [0.717, 1.165) is 4.47 Å². The van der Waals surface area contributed by atoms with E-state index in [9.17, 15) is 0 Å². The van der Waals surface area contributed by atoms with Crippen LogP contribution in [0.5, 0.6) is 0 Å². The highest BCUT2D eigenvalue weighted by Gasteiger charge is 2.00. The minimum Gasteiger partial charge on any atom is -0.366 e. The Bertz CT molecular complexity index is 308. The van der Waals surface area contributed by atoms with E-state index in [4.69, 9.17) is 5.41 Å². The van der Waals surface area contributed by atoms with Crippen molar-refractivity contribution in [3.63, 3.8) is 0 Å². The molecule has 0 aliphatic heterocycles. The highest BCUT2D eigenvalue weighted by Crippen LogP contribution is 2.20. The van der Waals surface area contributed by atoms with E-state index in [0.29, 0.717) is 11.6 Å². The van der Waals surface area contributed by atoms with Crippen molar-refractivity contribution >= 4 is 33.5 Å². The van der Waals surface area contributed by atoms with E-state index in [1.807, 2.05) is 31.1 Å². The molecule has 1 rings (SSSR count). The molecule has 0 unspecified atom stereocenters. The third-order valence-corrected chi connectivity index (χ3v) is 3.28. The van der Waals surface area contributed by atoms with E-state index < -0.39 is 0 Å². The van der Waals surface area contributed by atoms with Crippen LogP contribution in [0.15, 0.2) is 33.6 Å². The number of nitrogens with one attached hydrogen (secondary N) is 1. The van der Waals surface area contributed by atoms with Gasteiger partial charge in [-0.3, -0.25) is 5.41 Å². The second-order valence-corrected chi connectivity index (χ2v) is 5.05. The number of rotatable bonds is 3. The standard InChI is InChI=1S/C10H13BrN2S/c1-13(2)10(12)7-14-9-5-3-8(11)4-6-9/h3-6,12H,7H2,1-2H3. The predicted octanol–water partition coefficient (Wildman–Crippen LogP) is 3.08. The number of thioether (sulfide) groups is 1. The summed E-state index contributed by atoms with van der Waals surface area (Å²) in [6, 6.07) is 8.14. The summed E-state index contributed by atoms with van der Waals surface area (Å²) in [5.41, 5.74) is 0. The first-order chi connectivity index (χ1) is 6.59. The maximum Gasteiger partial charge on any atom is 0.106 e. The molecule has 1 N–H and O–H groups in total. The van der Waals surface area contributed by atoms with Crippen molar-refractivity contribution in [1.82, 2.24) is 4.90 Å². The largest absolute Gasteiger partial charge is 0.366 e. The first-order valence-corrected chi connectivity index (χ1v) is 6.00. The predicted molar refractivity (Wildman–Crippen MR) is 66.3 cm³/mol. The van der Waals surface area contributed by atoms with Crippen molar-refractivity contribution in [3.05, 3.63) is 28.7 Å². The van der Waals surface area contributed by atoms with Gasteiger partial charge in [-0.2, -0.15) is 0 Å². The molecule has 0 saturated heterocycles. The lowest BCUT2D eigenvalue weighted by Crippen LogP contribution is -2.22. The summed E-state index contributed by atoms with van der Waals surface area (Å²) >= 11 is 5.07. The Morgan fingerprint density at radius 1 is 1.36 bits per heavy atom. The summed E-state index contributed by atoms with van der Waals surface area (Å²) < 4.78 is 1.09. The summed E-state index contributed by atoms with van der Waals surface area (Å²) in [7, 11) is 3.79. The molecular weight excluding hydrogens is 260 g/mol. The van der Waals surface area contributed by atoms with E-state index >= 15 is 0 Å². The third kappa shape index (κ3) is 3.72. The molecule has 0 amide bonds. The first-order valence-electron chi connectivity index (χ1n) is 4.22. The van der Waals surface area contributed by atoms with Crippen LogP contribution in [-0.2, 0) is 0 Å². The van der Waals surface area contributed by atoms with Crippen molar-refractivity contribution in [3.8, 4) is 0 Å². The van der Waals surface area contributed by atoms with Crippen LogP contribution in [0.2, 0.25) is 0 Å². The first kappa shape index (κ1) is 11.6. The second kappa shape index (κ2) is 5.41. The van der Waals surface area contributed by atoms with Crippen LogP contribution in [0.3, 0.4) is 0 Å². The Balaban J connectivity index is 2.46. The monoisotopic (exact) mass is 272 g/mol. The zero-order chi connectivity index (χ0) is 10.6. The van der Waals surface area contributed by atoms with E-state index in [1.54, 1.807) is 11.8 Å².